The van der Waals surface area contributed by atoms with Crippen molar-refractivity contribution in [1.82, 2.24) is 5.32 Å². The van der Waals surface area contributed by atoms with Crippen LogP contribution in [0, 0.1) is 0 Å². The van der Waals surface area contributed by atoms with Crippen LogP contribution in [0.15, 0.2) is 53.4 Å². The summed E-state index contributed by atoms with van der Waals surface area (Å²) in [6.45, 7) is 2.43. The largest absolute Gasteiger partial charge is 0.352 e. The molecule has 0 aliphatic rings. The number of hydrogen-bond acceptors (Lipinski definition) is 3. The molecule has 0 heterocycles. The van der Waals surface area contributed by atoms with Crippen LogP contribution in [0.5, 0.6) is 0 Å². The predicted octanol–water partition coefficient (Wildman–Crippen LogP) is 4.21. The maximum absolute atomic E-state index is 12.0. The van der Waals surface area contributed by atoms with Gasteiger partial charge in [0.2, 0.25) is 5.91 Å². The molecule has 126 valence electrons. The number of hydrogen-bond donors (Lipinski definition) is 2. The van der Waals surface area contributed by atoms with E-state index in [0.717, 1.165) is 4.90 Å². The zero-order valence-corrected chi connectivity index (χ0v) is 14.9. The van der Waals surface area contributed by atoms with Gasteiger partial charge in [-0.15, -0.1) is 11.8 Å². The zero-order valence-electron chi connectivity index (χ0n) is 13.3. The average molecular weight is 363 g/mol. The molecule has 6 heteroatoms. The fraction of sp³-hybridized carbons (Fsp3) is 0.222. The number of nitrogens with one attached hydrogen (secondary N) is 2. The van der Waals surface area contributed by atoms with Gasteiger partial charge in [-0.2, -0.15) is 0 Å². The number of halogens is 1. The minimum Gasteiger partial charge on any atom is -0.352 e. The Bertz CT molecular complexity index is 704. The van der Waals surface area contributed by atoms with Gasteiger partial charge in [0.25, 0.3) is 5.91 Å². The Labute approximate surface area is 151 Å². The van der Waals surface area contributed by atoms with Crippen molar-refractivity contribution in [2.45, 2.75) is 18.2 Å². The third kappa shape index (κ3) is 5.91. The van der Waals surface area contributed by atoms with Crippen molar-refractivity contribution < 1.29 is 9.59 Å². The lowest BCUT2D eigenvalue weighted by Crippen LogP contribution is -2.22. The maximum atomic E-state index is 12.0. The molecule has 0 spiro atoms. The summed E-state index contributed by atoms with van der Waals surface area (Å²) in [6.07, 6.45) is 0.388. The Morgan fingerprint density at radius 2 is 1.88 bits per heavy atom. The second-order valence-corrected chi connectivity index (χ2v) is 6.65. The van der Waals surface area contributed by atoms with Crippen LogP contribution in [0.4, 0.5) is 5.69 Å². The summed E-state index contributed by atoms with van der Waals surface area (Å²) >= 11 is 7.44. The van der Waals surface area contributed by atoms with Crippen molar-refractivity contribution in [3.8, 4) is 0 Å². The molecule has 0 aliphatic carbocycles. The highest BCUT2D eigenvalue weighted by molar-refractivity contribution is 7.99. The molecule has 4 nitrogen and oxygen atoms in total. The highest BCUT2D eigenvalue weighted by Gasteiger charge is 2.07. The van der Waals surface area contributed by atoms with E-state index in [1.807, 2.05) is 31.2 Å². The minimum absolute atomic E-state index is 0.0792. The summed E-state index contributed by atoms with van der Waals surface area (Å²) < 4.78 is 0. The second kappa shape index (κ2) is 9.35. The number of rotatable bonds is 7. The van der Waals surface area contributed by atoms with E-state index < -0.39 is 0 Å². The van der Waals surface area contributed by atoms with Gasteiger partial charge in [-0.05, 0) is 49.4 Å². The third-order valence-corrected chi connectivity index (χ3v) is 4.42. The van der Waals surface area contributed by atoms with Gasteiger partial charge in [-0.25, -0.2) is 0 Å². The Morgan fingerprint density at radius 3 is 2.58 bits per heavy atom. The lowest BCUT2D eigenvalue weighted by Gasteiger charge is -2.08. The van der Waals surface area contributed by atoms with E-state index in [1.165, 1.54) is 0 Å². The standard InChI is InChI=1S/C18H19ClN2O2S/c1-2-20-18(23)13-4-3-5-15(12-13)21-17(22)10-11-24-16-8-6-14(19)7-9-16/h3-9,12H,2,10-11H2,1H3,(H,20,23)(H,21,22). The van der Waals surface area contributed by atoms with Crippen molar-refractivity contribution in [2.24, 2.45) is 0 Å². The number of carbonyl (C=O) groups is 2. The van der Waals surface area contributed by atoms with Gasteiger partial charge in [-0.3, -0.25) is 9.59 Å². The Hall–Kier alpha value is -1.98. The highest BCUT2D eigenvalue weighted by Crippen LogP contribution is 2.21. The molecule has 2 aromatic rings. The Balaban J connectivity index is 1.82. The molecule has 0 saturated heterocycles. The summed E-state index contributed by atoms with van der Waals surface area (Å²) in [5.74, 6) is 0.445. The van der Waals surface area contributed by atoms with Crippen molar-refractivity contribution in [2.75, 3.05) is 17.6 Å². The van der Waals surface area contributed by atoms with E-state index >= 15 is 0 Å². The first-order valence-corrected chi connectivity index (χ1v) is 9.01. The molecule has 0 saturated carbocycles. The molecule has 2 amide bonds. The molecule has 2 rings (SSSR count). The van der Waals surface area contributed by atoms with Crippen LogP contribution < -0.4 is 10.6 Å². The van der Waals surface area contributed by atoms with E-state index in [2.05, 4.69) is 10.6 Å². The molecular formula is C18H19ClN2O2S. The van der Waals surface area contributed by atoms with Crippen LogP contribution in [-0.4, -0.2) is 24.1 Å². The molecular weight excluding hydrogens is 344 g/mol. The molecule has 0 aromatic heterocycles. The van der Waals surface area contributed by atoms with E-state index in [4.69, 9.17) is 11.6 Å². The van der Waals surface area contributed by atoms with Gasteiger partial charge in [-0.1, -0.05) is 17.7 Å². The second-order valence-electron chi connectivity index (χ2n) is 5.04. The summed E-state index contributed by atoms with van der Waals surface area (Å²) in [4.78, 5) is 24.9. The molecule has 2 N–H and O–H groups in total. The van der Waals surface area contributed by atoms with Crippen LogP contribution in [0.25, 0.3) is 0 Å². The first-order chi connectivity index (χ1) is 11.6. The molecule has 24 heavy (non-hydrogen) atoms. The monoisotopic (exact) mass is 362 g/mol. The zero-order chi connectivity index (χ0) is 17.4. The van der Waals surface area contributed by atoms with Crippen LogP contribution in [0.1, 0.15) is 23.7 Å². The Kier molecular flexibility index (Phi) is 7.15. The lowest BCUT2D eigenvalue weighted by atomic mass is 10.2. The molecule has 0 unspecified atom stereocenters. The van der Waals surface area contributed by atoms with Gasteiger partial charge < -0.3 is 10.6 Å². The first-order valence-electron chi connectivity index (χ1n) is 7.65. The molecule has 0 fully saturated rings. The summed E-state index contributed by atoms with van der Waals surface area (Å²) in [5, 5.41) is 6.25. The van der Waals surface area contributed by atoms with Crippen molar-refractivity contribution in [3.63, 3.8) is 0 Å². The van der Waals surface area contributed by atoms with Crippen molar-refractivity contribution >= 4 is 40.9 Å². The van der Waals surface area contributed by atoms with E-state index in [9.17, 15) is 9.59 Å². The normalized spacial score (nSPS) is 10.2. The first kappa shape index (κ1) is 18.4. The van der Waals surface area contributed by atoms with Gasteiger partial charge in [0, 0.05) is 39.9 Å². The fourth-order valence-electron chi connectivity index (χ4n) is 2.02. The van der Waals surface area contributed by atoms with E-state index in [0.29, 0.717) is 35.0 Å². The smallest absolute Gasteiger partial charge is 0.251 e. The number of benzene rings is 2. The van der Waals surface area contributed by atoms with Crippen molar-refractivity contribution in [3.05, 3.63) is 59.1 Å². The fourth-order valence-corrected chi connectivity index (χ4v) is 2.99. The molecule has 0 atom stereocenters. The minimum atomic E-state index is -0.146. The Morgan fingerprint density at radius 1 is 1.12 bits per heavy atom. The van der Waals surface area contributed by atoms with Gasteiger partial charge in [0.1, 0.15) is 0 Å². The molecule has 0 bridgehead atoms. The number of thioether (sulfide) groups is 1. The van der Waals surface area contributed by atoms with Crippen LogP contribution in [0.3, 0.4) is 0 Å². The summed E-state index contributed by atoms with van der Waals surface area (Å²) in [5.41, 5.74) is 1.16. The summed E-state index contributed by atoms with van der Waals surface area (Å²) in [6, 6.07) is 14.4. The average Bonchev–Trinajstić information content (AvgIpc) is 2.57. The maximum Gasteiger partial charge on any atom is 0.251 e. The molecule has 2 aromatic carbocycles. The number of carbonyl (C=O) groups excluding carboxylic acids is 2. The quantitative estimate of drug-likeness (QED) is 0.725. The van der Waals surface area contributed by atoms with E-state index in [-0.39, 0.29) is 11.8 Å². The van der Waals surface area contributed by atoms with Crippen molar-refractivity contribution in [1.29, 1.82) is 0 Å². The predicted molar refractivity (Wildman–Crippen MR) is 99.9 cm³/mol. The van der Waals surface area contributed by atoms with Gasteiger partial charge in [0.05, 0.1) is 0 Å². The van der Waals surface area contributed by atoms with Crippen LogP contribution in [0.2, 0.25) is 5.02 Å². The molecule has 0 aliphatic heterocycles. The number of anilines is 1. The summed E-state index contributed by atoms with van der Waals surface area (Å²) in [7, 11) is 0. The molecule has 0 radical (unpaired) electrons. The van der Waals surface area contributed by atoms with Gasteiger partial charge in [0.15, 0.2) is 0 Å². The lowest BCUT2D eigenvalue weighted by molar-refractivity contribution is -0.115. The SMILES string of the molecule is CCNC(=O)c1cccc(NC(=O)CCSc2ccc(Cl)cc2)c1. The number of amides is 2. The third-order valence-electron chi connectivity index (χ3n) is 3.16. The van der Waals surface area contributed by atoms with Gasteiger partial charge >= 0.3 is 0 Å². The van der Waals surface area contributed by atoms with Crippen LogP contribution in [-0.2, 0) is 4.79 Å². The highest BCUT2D eigenvalue weighted by atomic mass is 35.5. The van der Waals surface area contributed by atoms with E-state index in [1.54, 1.807) is 36.0 Å². The van der Waals surface area contributed by atoms with Crippen LogP contribution >= 0.6 is 23.4 Å². The topological polar surface area (TPSA) is 58.2 Å².